The monoisotopic (exact) mass is 496 g/mol. The van der Waals surface area contributed by atoms with Crippen LogP contribution >= 0.6 is 11.3 Å². The molecule has 180 valence electrons. The van der Waals surface area contributed by atoms with Gasteiger partial charge in [-0.15, -0.1) is 11.3 Å². The first-order chi connectivity index (χ1) is 17.4. The molecule has 4 heterocycles. The maximum absolute atomic E-state index is 13.8. The molecule has 0 atom stereocenters. The number of aromatic nitrogens is 3. The highest BCUT2D eigenvalue weighted by Crippen LogP contribution is 2.53. The molecule has 1 spiro atoms. The predicted octanol–water partition coefficient (Wildman–Crippen LogP) is 5.12. The fourth-order valence-corrected chi connectivity index (χ4v) is 5.24. The average molecular weight is 497 g/mol. The van der Waals surface area contributed by atoms with Gasteiger partial charge in [0, 0.05) is 28.8 Å². The van der Waals surface area contributed by atoms with Gasteiger partial charge in [0.2, 0.25) is 11.9 Å². The topological polar surface area (TPSA) is 100 Å². The third-order valence-electron chi connectivity index (χ3n) is 6.72. The molecule has 2 aliphatic rings. The van der Waals surface area contributed by atoms with E-state index in [0.717, 1.165) is 46.7 Å². The van der Waals surface area contributed by atoms with Crippen molar-refractivity contribution < 1.29 is 9.59 Å². The fourth-order valence-electron chi connectivity index (χ4n) is 4.62. The SMILES string of the molecule is Cc1ccc(Nc2ncc3c(n2)C2(CC2)C(=O)N(c2cc(NC(=O)c4cccs4)ccc2C)C3)cn1. The summed E-state index contributed by atoms with van der Waals surface area (Å²) in [6, 6.07) is 13.2. The van der Waals surface area contributed by atoms with E-state index < -0.39 is 5.41 Å². The van der Waals surface area contributed by atoms with Gasteiger partial charge in [-0.3, -0.25) is 14.6 Å². The highest BCUT2D eigenvalue weighted by Gasteiger charge is 2.58. The van der Waals surface area contributed by atoms with Crippen molar-refractivity contribution in [2.45, 2.75) is 38.6 Å². The number of hydrogen-bond donors (Lipinski definition) is 2. The normalized spacial score (nSPS) is 15.5. The number of hydrogen-bond acceptors (Lipinski definition) is 7. The highest BCUT2D eigenvalue weighted by atomic mass is 32.1. The molecule has 1 saturated carbocycles. The number of amides is 2. The van der Waals surface area contributed by atoms with E-state index in [1.807, 2.05) is 66.7 Å². The zero-order valence-electron chi connectivity index (χ0n) is 19.9. The van der Waals surface area contributed by atoms with E-state index in [9.17, 15) is 9.59 Å². The summed E-state index contributed by atoms with van der Waals surface area (Å²) in [6.45, 7) is 4.29. The highest BCUT2D eigenvalue weighted by molar-refractivity contribution is 7.12. The minimum absolute atomic E-state index is 0.0430. The predicted molar refractivity (Wildman–Crippen MR) is 140 cm³/mol. The third-order valence-corrected chi connectivity index (χ3v) is 7.59. The molecule has 3 aromatic heterocycles. The molecule has 2 amide bonds. The Morgan fingerprint density at radius 2 is 1.89 bits per heavy atom. The quantitative estimate of drug-likeness (QED) is 0.398. The van der Waals surface area contributed by atoms with Crippen molar-refractivity contribution in [1.29, 1.82) is 0 Å². The lowest BCUT2D eigenvalue weighted by atomic mass is 9.91. The van der Waals surface area contributed by atoms with Crippen LogP contribution in [0.15, 0.2) is 60.2 Å². The number of fused-ring (bicyclic) bond motifs is 2. The van der Waals surface area contributed by atoms with E-state index in [2.05, 4.69) is 20.6 Å². The van der Waals surface area contributed by atoms with Crippen molar-refractivity contribution >= 4 is 46.2 Å². The largest absolute Gasteiger partial charge is 0.323 e. The Morgan fingerprint density at radius 1 is 1.06 bits per heavy atom. The third kappa shape index (κ3) is 3.91. The van der Waals surface area contributed by atoms with Crippen LogP contribution in [0.1, 0.15) is 45.0 Å². The lowest BCUT2D eigenvalue weighted by molar-refractivity contribution is -0.121. The molecule has 0 radical (unpaired) electrons. The van der Waals surface area contributed by atoms with Gasteiger partial charge < -0.3 is 15.5 Å². The van der Waals surface area contributed by atoms with Gasteiger partial charge in [-0.1, -0.05) is 12.1 Å². The van der Waals surface area contributed by atoms with Crippen LogP contribution in [0.4, 0.5) is 23.0 Å². The minimum atomic E-state index is -0.624. The number of rotatable bonds is 5. The molecule has 6 rings (SSSR count). The number of nitrogens with one attached hydrogen (secondary N) is 2. The molecular formula is C27H24N6O2S. The number of benzene rings is 1. The number of anilines is 4. The van der Waals surface area contributed by atoms with Crippen LogP contribution in [0.2, 0.25) is 0 Å². The summed E-state index contributed by atoms with van der Waals surface area (Å²) in [5.74, 6) is 0.342. The van der Waals surface area contributed by atoms with Crippen LogP contribution in [-0.4, -0.2) is 26.8 Å². The summed E-state index contributed by atoms with van der Waals surface area (Å²) in [5.41, 5.74) is 5.25. The molecule has 0 unspecified atom stereocenters. The van der Waals surface area contributed by atoms with Crippen LogP contribution in [-0.2, 0) is 16.8 Å². The van der Waals surface area contributed by atoms with Crippen LogP contribution in [0.25, 0.3) is 0 Å². The second kappa shape index (κ2) is 8.53. The molecule has 9 heteroatoms. The van der Waals surface area contributed by atoms with E-state index >= 15 is 0 Å². The van der Waals surface area contributed by atoms with Gasteiger partial charge in [-0.25, -0.2) is 9.97 Å². The summed E-state index contributed by atoms with van der Waals surface area (Å²) in [4.78, 5) is 42.4. The lowest BCUT2D eigenvalue weighted by Crippen LogP contribution is -2.45. The number of carbonyl (C=O) groups excluding carboxylic acids is 2. The molecule has 8 nitrogen and oxygen atoms in total. The summed E-state index contributed by atoms with van der Waals surface area (Å²) >= 11 is 1.39. The molecule has 1 aromatic carbocycles. The van der Waals surface area contributed by atoms with E-state index in [1.165, 1.54) is 11.3 Å². The van der Waals surface area contributed by atoms with Gasteiger partial charge in [0.05, 0.1) is 34.4 Å². The molecule has 1 fully saturated rings. The Morgan fingerprint density at radius 3 is 2.61 bits per heavy atom. The van der Waals surface area contributed by atoms with Crippen molar-refractivity contribution in [2.75, 3.05) is 15.5 Å². The van der Waals surface area contributed by atoms with Crippen LogP contribution in [0.5, 0.6) is 0 Å². The maximum atomic E-state index is 13.8. The van der Waals surface area contributed by atoms with Gasteiger partial charge in [0.1, 0.15) is 0 Å². The Kier molecular flexibility index (Phi) is 5.30. The molecule has 2 N–H and O–H groups in total. The van der Waals surface area contributed by atoms with Crippen molar-refractivity contribution in [2.24, 2.45) is 0 Å². The second-order valence-electron chi connectivity index (χ2n) is 9.29. The van der Waals surface area contributed by atoms with Crippen molar-refractivity contribution in [1.82, 2.24) is 15.0 Å². The van der Waals surface area contributed by atoms with Crippen LogP contribution in [0.3, 0.4) is 0 Å². The fraction of sp³-hybridized carbons (Fsp3) is 0.222. The van der Waals surface area contributed by atoms with Crippen molar-refractivity contribution in [3.63, 3.8) is 0 Å². The summed E-state index contributed by atoms with van der Waals surface area (Å²) in [6.07, 6.45) is 5.06. The number of carbonyl (C=O) groups is 2. The summed E-state index contributed by atoms with van der Waals surface area (Å²) in [5, 5.41) is 8.02. The number of thiophene rings is 1. The van der Waals surface area contributed by atoms with Gasteiger partial charge >= 0.3 is 0 Å². The maximum Gasteiger partial charge on any atom is 0.265 e. The number of aryl methyl sites for hydroxylation is 2. The average Bonchev–Trinajstić information content (AvgIpc) is 3.48. The zero-order chi connectivity index (χ0) is 24.9. The smallest absolute Gasteiger partial charge is 0.265 e. The minimum Gasteiger partial charge on any atom is -0.323 e. The molecule has 1 aliphatic carbocycles. The van der Waals surface area contributed by atoms with E-state index in [4.69, 9.17) is 4.98 Å². The first-order valence-electron chi connectivity index (χ1n) is 11.8. The van der Waals surface area contributed by atoms with Crippen molar-refractivity contribution in [3.05, 3.63) is 87.6 Å². The Bertz CT molecular complexity index is 1480. The molecular weight excluding hydrogens is 472 g/mol. The van der Waals surface area contributed by atoms with Crippen LogP contribution < -0.4 is 15.5 Å². The van der Waals surface area contributed by atoms with Crippen LogP contribution in [0, 0.1) is 13.8 Å². The van der Waals surface area contributed by atoms with Gasteiger partial charge in [0.15, 0.2) is 0 Å². The molecule has 4 aromatic rings. The van der Waals surface area contributed by atoms with E-state index in [0.29, 0.717) is 23.1 Å². The van der Waals surface area contributed by atoms with E-state index in [-0.39, 0.29) is 11.8 Å². The Balaban J connectivity index is 1.29. The first-order valence-corrected chi connectivity index (χ1v) is 12.6. The number of pyridine rings is 1. The zero-order valence-corrected chi connectivity index (χ0v) is 20.7. The van der Waals surface area contributed by atoms with Crippen molar-refractivity contribution in [3.8, 4) is 0 Å². The lowest BCUT2D eigenvalue weighted by Gasteiger charge is -2.34. The van der Waals surface area contributed by atoms with Gasteiger partial charge in [-0.05, 0) is 68.0 Å². The summed E-state index contributed by atoms with van der Waals surface area (Å²) < 4.78 is 0. The Hall–Kier alpha value is -4.11. The molecule has 0 bridgehead atoms. The first kappa shape index (κ1) is 22.4. The Labute approximate surface area is 212 Å². The second-order valence-corrected chi connectivity index (χ2v) is 10.2. The molecule has 36 heavy (non-hydrogen) atoms. The molecule has 0 saturated heterocycles. The van der Waals surface area contributed by atoms with E-state index in [1.54, 1.807) is 12.3 Å². The van der Waals surface area contributed by atoms with Gasteiger partial charge in [-0.2, -0.15) is 0 Å². The number of nitrogens with zero attached hydrogens (tertiary/aromatic N) is 4. The van der Waals surface area contributed by atoms with Gasteiger partial charge in [0.25, 0.3) is 5.91 Å². The molecule has 1 aliphatic heterocycles. The standard InChI is InChI=1S/C27H24N6O2S/c1-16-5-7-19(30-24(34)22-4-3-11-36-22)12-21(16)33-15-18-13-29-26(31-20-8-6-17(2)28-14-20)32-23(18)27(9-10-27)25(33)35/h3-8,11-14H,9-10,15H2,1-2H3,(H,30,34)(H,29,31,32). The summed E-state index contributed by atoms with van der Waals surface area (Å²) in [7, 11) is 0.